The number of hydrogen-bond acceptors (Lipinski definition) is 3. The van der Waals surface area contributed by atoms with Crippen LogP contribution in [0.3, 0.4) is 0 Å². The lowest BCUT2D eigenvalue weighted by molar-refractivity contribution is 0.0697. The maximum absolute atomic E-state index is 12.0. The summed E-state index contributed by atoms with van der Waals surface area (Å²) < 4.78 is 27.4. The van der Waals surface area contributed by atoms with Gasteiger partial charge >= 0.3 is 16.2 Å². The summed E-state index contributed by atoms with van der Waals surface area (Å²) in [5, 5.41) is 8.68. The van der Waals surface area contributed by atoms with Crippen molar-refractivity contribution in [1.82, 2.24) is 4.31 Å². The van der Waals surface area contributed by atoms with Gasteiger partial charge < -0.3 is 5.11 Å². The summed E-state index contributed by atoms with van der Waals surface area (Å²) >= 11 is 11.8. The second-order valence-electron chi connectivity index (χ2n) is 4.34. The van der Waals surface area contributed by atoms with Gasteiger partial charge in [-0.3, -0.25) is 4.72 Å². The van der Waals surface area contributed by atoms with Gasteiger partial charge in [0.1, 0.15) is 0 Å². The van der Waals surface area contributed by atoms with Crippen molar-refractivity contribution in [3.8, 4) is 0 Å². The number of carbonyl (C=O) groups is 1. The van der Waals surface area contributed by atoms with E-state index in [0.717, 1.165) is 16.4 Å². The van der Waals surface area contributed by atoms with E-state index in [-0.39, 0.29) is 27.3 Å². The molecule has 0 aromatic heterocycles. The van der Waals surface area contributed by atoms with Crippen LogP contribution in [0.5, 0.6) is 0 Å². The van der Waals surface area contributed by atoms with E-state index in [2.05, 4.69) is 4.72 Å². The molecule has 20 heavy (non-hydrogen) atoms. The third-order valence-electron chi connectivity index (χ3n) is 2.63. The van der Waals surface area contributed by atoms with Crippen molar-refractivity contribution in [2.75, 3.05) is 11.8 Å². The van der Waals surface area contributed by atoms with Gasteiger partial charge in [0, 0.05) is 13.1 Å². The van der Waals surface area contributed by atoms with Crippen LogP contribution >= 0.6 is 23.2 Å². The number of anilines is 1. The Morgan fingerprint density at radius 2 is 1.75 bits per heavy atom. The Labute approximate surface area is 127 Å². The van der Waals surface area contributed by atoms with Crippen LogP contribution in [-0.4, -0.2) is 36.9 Å². The fraction of sp³-hybridized carbons (Fsp3) is 0.364. The van der Waals surface area contributed by atoms with E-state index < -0.39 is 16.2 Å². The average molecular weight is 341 g/mol. The molecule has 0 saturated heterocycles. The topological polar surface area (TPSA) is 86.7 Å². The summed E-state index contributed by atoms with van der Waals surface area (Å²) in [5.41, 5.74) is -0.175. The number of nitrogens with zero attached hydrogens (tertiary/aromatic N) is 1. The zero-order valence-corrected chi connectivity index (χ0v) is 13.3. The third kappa shape index (κ3) is 3.76. The van der Waals surface area contributed by atoms with Crippen LogP contribution in [-0.2, 0) is 10.2 Å². The number of halogens is 2. The SMILES string of the molecule is CC(C)N(C)S(=O)(=O)Nc1c(Cl)cc(C(=O)O)cc1Cl. The van der Waals surface area contributed by atoms with Crippen molar-refractivity contribution in [1.29, 1.82) is 0 Å². The fourth-order valence-electron chi connectivity index (χ4n) is 1.27. The highest BCUT2D eigenvalue weighted by Gasteiger charge is 2.23. The van der Waals surface area contributed by atoms with E-state index >= 15 is 0 Å². The van der Waals surface area contributed by atoms with Crippen molar-refractivity contribution in [2.24, 2.45) is 0 Å². The number of hydrogen-bond donors (Lipinski definition) is 2. The Hall–Kier alpha value is -1.02. The normalized spacial score (nSPS) is 11.9. The molecular formula is C11H14Cl2N2O4S. The lowest BCUT2D eigenvalue weighted by Crippen LogP contribution is -2.37. The molecule has 0 aliphatic carbocycles. The molecule has 9 heteroatoms. The number of rotatable bonds is 5. The van der Waals surface area contributed by atoms with E-state index in [0.29, 0.717) is 0 Å². The maximum Gasteiger partial charge on any atom is 0.335 e. The largest absolute Gasteiger partial charge is 0.478 e. The fourth-order valence-corrected chi connectivity index (χ4v) is 3.14. The van der Waals surface area contributed by atoms with Crippen LogP contribution in [0.15, 0.2) is 12.1 Å². The highest BCUT2D eigenvalue weighted by atomic mass is 35.5. The molecular weight excluding hydrogens is 327 g/mol. The van der Waals surface area contributed by atoms with E-state index in [1.54, 1.807) is 13.8 Å². The molecule has 0 radical (unpaired) electrons. The van der Waals surface area contributed by atoms with Gasteiger partial charge in [-0.15, -0.1) is 0 Å². The van der Waals surface area contributed by atoms with Crippen LogP contribution in [0.25, 0.3) is 0 Å². The number of carboxylic acid groups (broad SMARTS) is 1. The Kier molecular flexibility index (Phi) is 5.26. The van der Waals surface area contributed by atoms with Gasteiger partial charge in [0.15, 0.2) is 0 Å². The highest BCUT2D eigenvalue weighted by Crippen LogP contribution is 2.33. The first-order chi connectivity index (χ1) is 9.06. The van der Waals surface area contributed by atoms with Gasteiger partial charge in [-0.05, 0) is 26.0 Å². The van der Waals surface area contributed by atoms with E-state index in [1.807, 2.05) is 0 Å². The zero-order valence-electron chi connectivity index (χ0n) is 11.0. The Morgan fingerprint density at radius 1 is 1.30 bits per heavy atom. The Bertz CT molecular complexity index is 608. The second-order valence-corrected chi connectivity index (χ2v) is 6.88. The lowest BCUT2D eigenvalue weighted by atomic mass is 10.2. The molecule has 0 aliphatic rings. The van der Waals surface area contributed by atoms with E-state index in [4.69, 9.17) is 28.3 Å². The van der Waals surface area contributed by atoms with Gasteiger partial charge in [-0.25, -0.2) is 4.79 Å². The van der Waals surface area contributed by atoms with Gasteiger partial charge in [0.2, 0.25) is 0 Å². The molecule has 1 aromatic rings. The predicted molar refractivity (Wildman–Crippen MR) is 78.9 cm³/mol. The van der Waals surface area contributed by atoms with Gasteiger partial charge in [-0.1, -0.05) is 23.2 Å². The molecule has 0 atom stereocenters. The van der Waals surface area contributed by atoms with Gasteiger partial charge in [0.25, 0.3) is 0 Å². The Morgan fingerprint density at radius 3 is 2.10 bits per heavy atom. The van der Waals surface area contributed by atoms with E-state index in [1.165, 1.54) is 7.05 Å². The number of nitrogens with one attached hydrogen (secondary N) is 1. The van der Waals surface area contributed by atoms with Crippen molar-refractivity contribution in [3.05, 3.63) is 27.7 Å². The van der Waals surface area contributed by atoms with Crippen molar-refractivity contribution < 1.29 is 18.3 Å². The minimum Gasteiger partial charge on any atom is -0.478 e. The monoisotopic (exact) mass is 340 g/mol. The van der Waals surface area contributed by atoms with Crippen LogP contribution in [0, 0.1) is 0 Å². The lowest BCUT2D eigenvalue weighted by Gasteiger charge is -2.22. The first kappa shape index (κ1) is 17.0. The molecule has 0 fully saturated rings. The van der Waals surface area contributed by atoms with Crippen molar-refractivity contribution in [2.45, 2.75) is 19.9 Å². The first-order valence-corrected chi connectivity index (χ1v) is 7.74. The van der Waals surface area contributed by atoms with Crippen LogP contribution in [0.2, 0.25) is 10.0 Å². The minimum absolute atomic E-state index is 0.0502. The molecule has 0 saturated carbocycles. The van der Waals surface area contributed by atoms with Gasteiger partial charge in [0.05, 0.1) is 21.3 Å². The predicted octanol–water partition coefficient (Wildman–Crippen LogP) is 2.69. The summed E-state index contributed by atoms with van der Waals surface area (Å²) in [7, 11) is -2.42. The molecule has 0 heterocycles. The highest BCUT2D eigenvalue weighted by molar-refractivity contribution is 7.90. The summed E-state index contributed by atoms with van der Waals surface area (Å²) in [6.07, 6.45) is 0. The molecule has 0 spiro atoms. The molecule has 1 aromatic carbocycles. The molecule has 6 nitrogen and oxygen atoms in total. The number of carboxylic acids is 1. The van der Waals surface area contributed by atoms with Crippen LogP contribution < -0.4 is 4.72 Å². The van der Waals surface area contributed by atoms with Crippen molar-refractivity contribution in [3.63, 3.8) is 0 Å². The number of aromatic carboxylic acids is 1. The zero-order chi connectivity index (χ0) is 15.7. The molecule has 0 aliphatic heterocycles. The van der Waals surface area contributed by atoms with Crippen LogP contribution in [0.1, 0.15) is 24.2 Å². The second kappa shape index (κ2) is 6.17. The quantitative estimate of drug-likeness (QED) is 0.862. The summed E-state index contributed by atoms with van der Waals surface area (Å²) in [6, 6.07) is 2.00. The first-order valence-electron chi connectivity index (χ1n) is 5.54. The molecule has 1 rings (SSSR count). The Balaban J connectivity index is 3.20. The standard InChI is InChI=1S/C11H14Cl2N2O4S/c1-6(2)15(3)20(18,19)14-10-8(12)4-7(11(16)17)5-9(10)13/h4-6,14H,1-3H3,(H,16,17). The summed E-state index contributed by atoms with van der Waals surface area (Å²) in [4.78, 5) is 10.8. The molecule has 2 N–H and O–H groups in total. The summed E-state index contributed by atoms with van der Waals surface area (Å²) in [5.74, 6) is -1.21. The maximum atomic E-state index is 12.0. The smallest absolute Gasteiger partial charge is 0.335 e. The molecule has 0 bridgehead atoms. The number of benzene rings is 1. The third-order valence-corrected chi connectivity index (χ3v) is 4.86. The molecule has 0 unspecified atom stereocenters. The van der Waals surface area contributed by atoms with Gasteiger partial charge in [-0.2, -0.15) is 12.7 Å². The van der Waals surface area contributed by atoms with Crippen molar-refractivity contribution >= 4 is 45.1 Å². The van der Waals surface area contributed by atoms with Crippen LogP contribution in [0.4, 0.5) is 5.69 Å². The molecule has 0 amide bonds. The molecule has 112 valence electrons. The van der Waals surface area contributed by atoms with E-state index in [9.17, 15) is 13.2 Å². The minimum atomic E-state index is -3.82. The average Bonchev–Trinajstić information content (AvgIpc) is 2.32. The summed E-state index contributed by atoms with van der Waals surface area (Å²) in [6.45, 7) is 3.41.